The van der Waals surface area contributed by atoms with E-state index in [1.165, 1.54) is 5.56 Å². The second-order valence-corrected chi connectivity index (χ2v) is 4.06. The lowest BCUT2D eigenvalue weighted by Gasteiger charge is -2.11. The molecule has 0 amide bonds. The Labute approximate surface area is 87.6 Å². The van der Waals surface area contributed by atoms with Gasteiger partial charge in [0.25, 0.3) is 0 Å². The number of hydrogen-bond acceptors (Lipinski definition) is 2. The van der Waals surface area contributed by atoms with Crippen LogP contribution in [-0.4, -0.2) is 26.1 Å². The molecule has 0 heterocycles. The third-order valence-electron chi connectivity index (χ3n) is 1.71. The van der Waals surface area contributed by atoms with Crippen molar-refractivity contribution in [3.63, 3.8) is 0 Å². The summed E-state index contributed by atoms with van der Waals surface area (Å²) in [4.78, 5) is 2.13. The molecular weight excluding hydrogens is 230 g/mol. The molecule has 13 heavy (non-hydrogen) atoms. The van der Waals surface area contributed by atoms with Crippen molar-refractivity contribution in [1.82, 2.24) is 4.90 Å². The highest BCUT2D eigenvalue weighted by Crippen LogP contribution is 2.25. The average Bonchev–Trinajstić information content (AvgIpc) is 2.07. The second kappa shape index (κ2) is 4.63. The summed E-state index contributed by atoms with van der Waals surface area (Å²) in [5.74, 6) is 0.888. The van der Waals surface area contributed by atoms with E-state index in [-0.39, 0.29) is 0 Å². The number of nitrogens with zero attached hydrogens (tertiary/aromatic N) is 1. The first-order valence-electron chi connectivity index (χ1n) is 4.10. The first-order valence-corrected chi connectivity index (χ1v) is 4.90. The van der Waals surface area contributed by atoms with Gasteiger partial charge >= 0.3 is 0 Å². The van der Waals surface area contributed by atoms with Gasteiger partial charge < -0.3 is 9.64 Å². The van der Waals surface area contributed by atoms with Crippen molar-refractivity contribution in [2.24, 2.45) is 0 Å². The van der Waals surface area contributed by atoms with Gasteiger partial charge in [0.05, 0.1) is 11.6 Å². The van der Waals surface area contributed by atoms with Gasteiger partial charge in [-0.2, -0.15) is 0 Å². The van der Waals surface area contributed by atoms with Crippen molar-refractivity contribution >= 4 is 15.9 Å². The molecular formula is C10H14BrNO. The molecule has 3 heteroatoms. The summed E-state index contributed by atoms with van der Waals surface area (Å²) in [6, 6.07) is 6.15. The van der Waals surface area contributed by atoms with E-state index in [1.54, 1.807) is 7.11 Å². The van der Waals surface area contributed by atoms with Gasteiger partial charge in [0, 0.05) is 6.54 Å². The molecule has 0 bridgehead atoms. The molecule has 0 atom stereocenters. The average molecular weight is 244 g/mol. The lowest BCUT2D eigenvalue weighted by molar-refractivity contribution is 0.394. The fourth-order valence-corrected chi connectivity index (χ4v) is 1.58. The fourth-order valence-electron chi connectivity index (χ4n) is 1.17. The van der Waals surface area contributed by atoms with Crippen LogP contribution < -0.4 is 4.74 Å². The van der Waals surface area contributed by atoms with E-state index in [9.17, 15) is 0 Å². The van der Waals surface area contributed by atoms with Crippen LogP contribution in [0.4, 0.5) is 0 Å². The molecule has 72 valence electrons. The number of rotatable bonds is 3. The van der Waals surface area contributed by atoms with E-state index < -0.39 is 0 Å². The van der Waals surface area contributed by atoms with Crippen LogP contribution in [-0.2, 0) is 6.54 Å². The third kappa shape index (κ3) is 3.01. The molecule has 0 fully saturated rings. The Morgan fingerprint density at radius 2 is 2.08 bits per heavy atom. The Bertz CT molecular complexity index is 286. The van der Waals surface area contributed by atoms with Crippen LogP contribution in [0.1, 0.15) is 5.56 Å². The summed E-state index contributed by atoms with van der Waals surface area (Å²) in [6.45, 7) is 0.934. The van der Waals surface area contributed by atoms with E-state index in [2.05, 4.69) is 41.0 Å². The van der Waals surface area contributed by atoms with Crippen molar-refractivity contribution in [2.45, 2.75) is 6.54 Å². The summed E-state index contributed by atoms with van der Waals surface area (Å²) in [5, 5.41) is 0. The number of benzene rings is 1. The molecule has 0 aliphatic heterocycles. The highest BCUT2D eigenvalue weighted by atomic mass is 79.9. The summed E-state index contributed by atoms with van der Waals surface area (Å²) in [6.07, 6.45) is 0. The Balaban J connectivity index is 2.86. The molecule has 0 saturated carbocycles. The van der Waals surface area contributed by atoms with E-state index in [4.69, 9.17) is 4.74 Å². The maximum Gasteiger partial charge on any atom is 0.133 e. The minimum absolute atomic E-state index is 0.888. The molecule has 2 nitrogen and oxygen atoms in total. The van der Waals surface area contributed by atoms with Crippen molar-refractivity contribution in [3.8, 4) is 5.75 Å². The zero-order valence-electron chi connectivity index (χ0n) is 8.17. The van der Waals surface area contributed by atoms with E-state index in [0.29, 0.717) is 0 Å². The van der Waals surface area contributed by atoms with Gasteiger partial charge in [-0.3, -0.25) is 0 Å². The minimum atomic E-state index is 0.888. The largest absolute Gasteiger partial charge is 0.496 e. The maximum atomic E-state index is 5.20. The van der Waals surface area contributed by atoms with Crippen molar-refractivity contribution in [1.29, 1.82) is 0 Å². The number of methoxy groups -OCH3 is 1. The van der Waals surface area contributed by atoms with E-state index >= 15 is 0 Å². The van der Waals surface area contributed by atoms with Gasteiger partial charge in [-0.1, -0.05) is 6.07 Å². The Morgan fingerprint density at radius 3 is 2.62 bits per heavy atom. The zero-order chi connectivity index (χ0) is 9.84. The first kappa shape index (κ1) is 10.5. The smallest absolute Gasteiger partial charge is 0.133 e. The van der Waals surface area contributed by atoms with Gasteiger partial charge in [-0.05, 0) is 47.7 Å². The van der Waals surface area contributed by atoms with Crippen LogP contribution >= 0.6 is 15.9 Å². The predicted octanol–water partition coefficient (Wildman–Crippen LogP) is 2.52. The van der Waals surface area contributed by atoms with Gasteiger partial charge in [-0.25, -0.2) is 0 Å². The lowest BCUT2D eigenvalue weighted by atomic mass is 10.2. The Hall–Kier alpha value is -0.540. The summed E-state index contributed by atoms with van der Waals surface area (Å²) < 4.78 is 6.20. The number of ether oxygens (including phenoxy) is 1. The Morgan fingerprint density at radius 1 is 1.38 bits per heavy atom. The van der Waals surface area contributed by atoms with Crippen LogP contribution in [0, 0.1) is 0 Å². The lowest BCUT2D eigenvalue weighted by Crippen LogP contribution is -2.10. The molecule has 0 aromatic heterocycles. The quantitative estimate of drug-likeness (QED) is 0.810. The highest BCUT2D eigenvalue weighted by molar-refractivity contribution is 9.10. The van der Waals surface area contributed by atoms with E-state index in [1.807, 2.05) is 12.1 Å². The SMILES string of the molecule is COc1cc(CN(C)C)ccc1Br. The van der Waals surface area contributed by atoms with Gasteiger partial charge in [0.15, 0.2) is 0 Å². The van der Waals surface area contributed by atoms with Gasteiger partial charge in [-0.15, -0.1) is 0 Å². The number of halogens is 1. The van der Waals surface area contributed by atoms with Gasteiger partial charge in [0.2, 0.25) is 0 Å². The molecule has 0 aliphatic carbocycles. The molecule has 0 saturated heterocycles. The molecule has 0 N–H and O–H groups in total. The molecule has 1 rings (SSSR count). The second-order valence-electron chi connectivity index (χ2n) is 3.21. The standard InChI is InChI=1S/C10H14BrNO/c1-12(2)7-8-4-5-9(11)10(6-8)13-3/h4-6H,7H2,1-3H3. The molecule has 0 spiro atoms. The summed E-state index contributed by atoms with van der Waals surface area (Å²) in [7, 11) is 5.78. The fraction of sp³-hybridized carbons (Fsp3) is 0.400. The van der Waals surface area contributed by atoms with Crippen LogP contribution in [0.5, 0.6) is 5.75 Å². The van der Waals surface area contributed by atoms with Gasteiger partial charge in [0.1, 0.15) is 5.75 Å². The normalized spacial score (nSPS) is 10.5. The van der Waals surface area contributed by atoms with Crippen molar-refractivity contribution in [2.75, 3.05) is 21.2 Å². The topological polar surface area (TPSA) is 12.5 Å². The first-order chi connectivity index (χ1) is 6.13. The zero-order valence-corrected chi connectivity index (χ0v) is 9.76. The monoisotopic (exact) mass is 243 g/mol. The molecule has 1 aromatic carbocycles. The van der Waals surface area contributed by atoms with Crippen LogP contribution in [0.15, 0.2) is 22.7 Å². The van der Waals surface area contributed by atoms with Crippen molar-refractivity contribution in [3.05, 3.63) is 28.2 Å². The highest BCUT2D eigenvalue weighted by Gasteiger charge is 2.01. The molecule has 0 aliphatic rings. The summed E-state index contributed by atoms with van der Waals surface area (Å²) in [5.41, 5.74) is 1.25. The van der Waals surface area contributed by atoms with Crippen LogP contribution in [0.3, 0.4) is 0 Å². The maximum absolute atomic E-state index is 5.20. The van der Waals surface area contributed by atoms with Crippen LogP contribution in [0.25, 0.3) is 0 Å². The third-order valence-corrected chi connectivity index (χ3v) is 2.37. The number of hydrogen-bond donors (Lipinski definition) is 0. The molecule has 0 unspecified atom stereocenters. The molecule has 1 aromatic rings. The molecule has 0 radical (unpaired) electrons. The minimum Gasteiger partial charge on any atom is -0.496 e. The van der Waals surface area contributed by atoms with Crippen molar-refractivity contribution < 1.29 is 4.74 Å². The predicted molar refractivity (Wildman–Crippen MR) is 58.1 cm³/mol. The summed E-state index contributed by atoms with van der Waals surface area (Å²) >= 11 is 3.42. The van der Waals surface area contributed by atoms with Crippen LogP contribution in [0.2, 0.25) is 0 Å². The van der Waals surface area contributed by atoms with E-state index in [0.717, 1.165) is 16.8 Å². The Kier molecular flexibility index (Phi) is 3.75.